The van der Waals surface area contributed by atoms with E-state index in [0.29, 0.717) is 22.7 Å². The van der Waals surface area contributed by atoms with Crippen LogP contribution in [0.2, 0.25) is 0 Å². The van der Waals surface area contributed by atoms with Gasteiger partial charge in [-0.25, -0.2) is 0 Å². The van der Waals surface area contributed by atoms with Crippen LogP contribution in [0.5, 0.6) is 5.75 Å². The highest BCUT2D eigenvalue weighted by atomic mass is 127. The van der Waals surface area contributed by atoms with Gasteiger partial charge in [0.05, 0.1) is 52.9 Å². The number of likely N-dealkylation sites (tertiary alicyclic amines) is 1. The van der Waals surface area contributed by atoms with Crippen LogP contribution in [0.1, 0.15) is 68.9 Å². The molecule has 310 valence electrons. The minimum atomic E-state index is -0.740. The Balaban J connectivity index is 1.16. The highest BCUT2D eigenvalue weighted by Gasteiger charge is 2.54. The first-order valence-corrected chi connectivity index (χ1v) is 22.4. The predicted molar refractivity (Wildman–Crippen MR) is 241 cm³/mol. The van der Waals surface area contributed by atoms with E-state index in [9.17, 15) is 9.59 Å². The number of quaternary nitrogens is 1. The Hall–Kier alpha value is -3.25. The molecule has 57 heavy (non-hydrogen) atoms. The fraction of sp³-hybridized carbons (Fsp3) is 0.542. The first kappa shape index (κ1) is 44.8. The Morgan fingerprint density at radius 2 is 1.60 bits per heavy atom. The van der Waals surface area contributed by atoms with Crippen LogP contribution in [0.15, 0.2) is 97.1 Å². The van der Waals surface area contributed by atoms with Crippen molar-refractivity contribution in [3.05, 3.63) is 108 Å². The molecule has 3 atom stereocenters. The number of methoxy groups -OCH3 is 1. The molecule has 8 nitrogen and oxygen atoms in total. The molecule has 5 rings (SSSR count). The van der Waals surface area contributed by atoms with E-state index < -0.39 is 11.4 Å². The number of allylic oxidation sites excluding steroid dienone is 8. The number of halogens is 1. The fourth-order valence-corrected chi connectivity index (χ4v) is 10.4. The number of carbonyl (C=O) groups is 2. The molecule has 0 saturated carbocycles. The van der Waals surface area contributed by atoms with Crippen LogP contribution in [0.25, 0.3) is 0 Å². The van der Waals surface area contributed by atoms with Gasteiger partial charge in [0.15, 0.2) is 3.79 Å². The van der Waals surface area contributed by atoms with Crippen LogP contribution in [-0.4, -0.2) is 97.9 Å². The maximum Gasteiger partial charge on any atom is 0.303 e. The standard InChI is InChI=1S/C48H66IN3O5/c1-52(2,34-14-4-5-15-36-57-38-40-18-12-13-23-45(40)56-3)35-33-51(44-27-25-39(26-28-44)17-16-24-46(53)54)32-31-50-30-29-43(37-50)48(47(49)55,41-19-8-6-9-20-41)42-21-10-7-11-22-42/h6-13,18-19,21,23,25-28,41-43H,4-5,14-17,20,22,24,29-38H2,1-3H3/p+1. The molecule has 0 aromatic heterocycles. The number of nitrogens with zero attached hydrogens (tertiary/aromatic N) is 3. The van der Waals surface area contributed by atoms with Crippen LogP contribution in [0.4, 0.5) is 5.69 Å². The van der Waals surface area contributed by atoms with Crippen molar-refractivity contribution in [3.8, 4) is 5.75 Å². The van der Waals surface area contributed by atoms with Crippen molar-refractivity contribution >= 4 is 38.0 Å². The van der Waals surface area contributed by atoms with E-state index in [1.54, 1.807) is 7.11 Å². The van der Waals surface area contributed by atoms with Gasteiger partial charge in [-0.2, -0.15) is 0 Å². The van der Waals surface area contributed by atoms with Gasteiger partial charge < -0.3 is 28.9 Å². The number of anilines is 1. The molecule has 0 radical (unpaired) electrons. The number of aliphatic carboxylic acids is 1. The summed E-state index contributed by atoms with van der Waals surface area (Å²) in [7, 11) is 6.42. The SMILES string of the molecule is COc1ccccc1COCCCCCC[N+](C)(C)CCN(CCN1CCC(C(C(=O)I)(C2C=CC=CC2)C2C=CC=CC2)C1)c1ccc(CCCC(=O)O)cc1. The summed E-state index contributed by atoms with van der Waals surface area (Å²) in [5.74, 6) is 0.864. The first-order chi connectivity index (χ1) is 27.6. The van der Waals surface area contributed by atoms with Crippen LogP contribution in [0, 0.1) is 23.2 Å². The number of carbonyl (C=O) groups excluding carboxylic acids is 1. The maximum atomic E-state index is 13.9. The molecule has 2 aliphatic carbocycles. The number of carboxylic acid groups (broad SMARTS) is 1. The van der Waals surface area contributed by atoms with Crippen molar-refractivity contribution in [2.75, 3.05) is 78.5 Å². The average Bonchev–Trinajstić information content (AvgIpc) is 3.69. The summed E-state index contributed by atoms with van der Waals surface area (Å²) >= 11 is 2.13. The molecule has 2 aromatic rings. The third-order valence-corrected chi connectivity index (χ3v) is 13.5. The number of carboxylic acids is 1. The lowest BCUT2D eigenvalue weighted by Gasteiger charge is -2.47. The van der Waals surface area contributed by atoms with Crippen LogP contribution >= 0.6 is 22.6 Å². The maximum absolute atomic E-state index is 13.9. The molecule has 3 unspecified atom stereocenters. The zero-order valence-corrected chi connectivity index (χ0v) is 36.9. The number of benzene rings is 2. The molecule has 2 aromatic carbocycles. The molecule has 9 heteroatoms. The molecule has 0 spiro atoms. The lowest BCUT2D eigenvalue weighted by molar-refractivity contribution is -0.889. The summed E-state index contributed by atoms with van der Waals surface area (Å²) in [4.78, 5) is 30.2. The second-order valence-corrected chi connectivity index (χ2v) is 17.8. The van der Waals surface area contributed by atoms with Gasteiger partial charge in [0.2, 0.25) is 0 Å². The summed E-state index contributed by atoms with van der Waals surface area (Å²) in [6, 6.07) is 16.8. The first-order valence-electron chi connectivity index (χ1n) is 21.3. The second kappa shape index (κ2) is 22.8. The number of rotatable bonds is 25. The van der Waals surface area contributed by atoms with Crippen molar-refractivity contribution in [1.82, 2.24) is 4.90 Å². The number of ether oxygens (including phenoxy) is 2. The lowest BCUT2D eigenvalue weighted by atomic mass is 9.57. The monoisotopic (exact) mass is 892 g/mol. The molecular weight excluding hydrogens is 825 g/mol. The molecule has 1 saturated heterocycles. The minimum absolute atomic E-state index is 0.196. The van der Waals surface area contributed by atoms with Gasteiger partial charge in [-0.1, -0.05) is 85.4 Å². The van der Waals surface area contributed by atoms with E-state index in [1.807, 2.05) is 18.2 Å². The van der Waals surface area contributed by atoms with Crippen LogP contribution in [-0.2, 0) is 27.4 Å². The van der Waals surface area contributed by atoms with Gasteiger partial charge in [-0.3, -0.25) is 9.59 Å². The normalized spacial score (nSPS) is 20.5. The Morgan fingerprint density at radius 1 is 0.895 bits per heavy atom. The van der Waals surface area contributed by atoms with E-state index >= 15 is 0 Å². The Morgan fingerprint density at radius 3 is 2.25 bits per heavy atom. The smallest absolute Gasteiger partial charge is 0.303 e. The molecular formula is C48H67IN3O5+. The van der Waals surface area contributed by atoms with Gasteiger partial charge in [-0.15, -0.1) is 0 Å². The summed E-state index contributed by atoms with van der Waals surface area (Å²) in [5.41, 5.74) is 3.07. The van der Waals surface area contributed by atoms with E-state index in [0.717, 1.165) is 100 Å². The van der Waals surface area contributed by atoms with E-state index in [2.05, 4.69) is 125 Å². The fourth-order valence-electron chi connectivity index (χ4n) is 9.18. The van der Waals surface area contributed by atoms with Crippen molar-refractivity contribution in [3.63, 3.8) is 0 Å². The third-order valence-electron chi connectivity index (χ3n) is 12.5. The van der Waals surface area contributed by atoms with Gasteiger partial charge in [0, 0.05) is 66.5 Å². The van der Waals surface area contributed by atoms with E-state index in [4.69, 9.17) is 14.6 Å². The summed E-state index contributed by atoms with van der Waals surface area (Å²) in [6.45, 7) is 8.31. The number of aryl methyl sites for hydroxylation is 1. The number of hydrogen-bond acceptors (Lipinski definition) is 6. The summed E-state index contributed by atoms with van der Waals surface area (Å²) in [6.07, 6.45) is 26.7. The summed E-state index contributed by atoms with van der Waals surface area (Å²) in [5, 5.41) is 9.12. The number of para-hydroxylation sites is 1. The van der Waals surface area contributed by atoms with Crippen LogP contribution in [0.3, 0.4) is 0 Å². The number of likely N-dealkylation sites (N-methyl/N-ethyl adjacent to an activating group) is 1. The zero-order chi connectivity index (χ0) is 40.5. The quantitative estimate of drug-likeness (QED) is 0.0461. The molecule has 0 amide bonds. The van der Waals surface area contributed by atoms with Crippen molar-refractivity contribution in [2.24, 2.45) is 23.2 Å². The van der Waals surface area contributed by atoms with E-state index in [-0.39, 0.29) is 18.3 Å². The van der Waals surface area contributed by atoms with Gasteiger partial charge in [0.1, 0.15) is 5.75 Å². The number of unbranched alkanes of at least 4 members (excludes halogenated alkanes) is 3. The minimum Gasteiger partial charge on any atom is -0.496 e. The van der Waals surface area contributed by atoms with Crippen LogP contribution < -0.4 is 9.64 Å². The molecule has 3 aliphatic rings. The Kier molecular flexibility index (Phi) is 17.9. The van der Waals surface area contributed by atoms with Crippen molar-refractivity contribution in [1.29, 1.82) is 0 Å². The molecule has 1 heterocycles. The summed E-state index contributed by atoms with van der Waals surface area (Å²) < 4.78 is 12.7. The van der Waals surface area contributed by atoms with Crippen molar-refractivity contribution in [2.45, 2.75) is 70.8 Å². The highest BCUT2D eigenvalue weighted by molar-refractivity contribution is 14.1. The molecule has 1 aliphatic heterocycles. The van der Waals surface area contributed by atoms with Gasteiger partial charge in [-0.05, 0) is 99.4 Å². The second-order valence-electron chi connectivity index (χ2n) is 16.9. The average molecular weight is 893 g/mol. The predicted octanol–water partition coefficient (Wildman–Crippen LogP) is 9.30. The zero-order valence-electron chi connectivity index (χ0n) is 34.7. The molecule has 1 fully saturated rings. The molecule has 0 bridgehead atoms. The lowest BCUT2D eigenvalue weighted by Crippen LogP contribution is -2.49. The van der Waals surface area contributed by atoms with Crippen molar-refractivity contribution < 1.29 is 28.7 Å². The highest BCUT2D eigenvalue weighted by Crippen LogP contribution is 2.53. The molecule has 1 N–H and O–H groups in total. The Labute approximate surface area is 356 Å². The number of hydrogen-bond donors (Lipinski definition) is 1. The van der Waals surface area contributed by atoms with Gasteiger partial charge in [0.25, 0.3) is 0 Å². The topological polar surface area (TPSA) is 79.3 Å². The third kappa shape index (κ3) is 13.1. The van der Waals surface area contributed by atoms with Gasteiger partial charge >= 0.3 is 5.97 Å². The largest absolute Gasteiger partial charge is 0.496 e. The van der Waals surface area contributed by atoms with E-state index in [1.165, 1.54) is 30.5 Å². The Bertz CT molecular complexity index is 1650.